The maximum Gasteiger partial charge on any atom is 0.409 e. The van der Waals surface area contributed by atoms with E-state index in [1.807, 2.05) is 30.3 Å². The number of carbonyl (C=O) groups is 4. The molecule has 1 aromatic rings. The highest BCUT2D eigenvalue weighted by Crippen LogP contribution is 2.41. The van der Waals surface area contributed by atoms with Crippen molar-refractivity contribution >= 4 is 23.8 Å². The lowest BCUT2D eigenvalue weighted by atomic mass is 9.75. The molecule has 0 bridgehead atoms. The molecule has 3 fully saturated rings. The molecule has 0 aromatic heterocycles. The van der Waals surface area contributed by atoms with Crippen LogP contribution >= 0.6 is 0 Å². The lowest BCUT2D eigenvalue weighted by molar-refractivity contribution is -0.143. The third-order valence-electron chi connectivity index (χ3n) is 7.51. The molecule has 34 heavy (non-hydrogen) atoms. The topological polar surface area (TPSA) is 87.2 Å². The third kappa shape index (κ3) is 4.95. The molecule has 1 aliphatic carbocycles. The second-order valence-electron chi connectivity index (χ2n) is 9.68. The summed E-state index contributed by atoms with van der Waals surface area (Å²) in [4.78, 5) is 57.0. The number of likely N-dealkylation sites (tertiary alicyclic amines) is 1. The standard InChI is InChI=1S/C26H35N3O5/c1-2-34-25(33)28-15-13-27(14-16-28)22(30)17-26(21-11-7-4-8-12-21)18-23(31)29(24(26)32)19-20-9-5-3-6-10-20/h4,7-8,11-12,20H,2-3,5-6,9-10,13-19H2,1H3. The van der Waals surface area contributed by atoms with Gasteiger partial charge in [0.2, 0.25) is 17.7 Å². The van der Waals surface area contributed by atoms with Crippen LogP contribution in [0.3, 0.4) is 0 Å². The van der Waals surface area contributed by atoms with Crippen molar-refractivity contribution in [3.63, 3.8) is 0 Å². The van der Waals surface area contributed by atoms with Crippen molar-refractivity contribution < 1.29 is 23.9 Å². The van der Waals surface area contributed by atoms with Crippen molar-refractivity contribution in [2.24, 2.45) is 5.92 Å². The van der Waals surface area contributed by atoms with Crippen LogP contribution in [0.4, 0.5) is 4.79 Å². The molecule has 2 saturated heterocycles. The van der Waals surface area contributed by atoms with Gasteiger partial charge in [-0.15, -0.1) is 0 Å². The fraction of sp³-hybridized carbons (Fsp3) is 0.615. The van der Waals surface area contributed by atoms with Crippen LogP contribution < -0.4 is 0 Å². The SMILES string of the molecule is CCOC(=O)N1CCN(C(=O)CC2(c3ccccc3)CC(=O)N(CC3CCCCC3)C2=O)CC1. The van der Waals surface area contributed by atoms with Crippen LogP contribution in [-0.4, -0.2) is 77.8 Å². The first kappa shape index (κ1) is 24.2. The predicted molar refractivity (Wildman–Crippen MR) is 126 cm³/mol. The lowest BCUT2D eigenvalue weighted by Gasteiger charge is -2.36. The van der Waals surface area contributed by atoms with Crippen molar-refractivity contribution in [1.82, 2.24) is 14.7 Å². The van der Waals surface area contributed by atoms with E-state index in [4.69, 9.17) is 4.74 Å². The number of benzene rings is 1. The average Bonchev–Trinajstić information content (AvgIpc) is 3.10. The molecule has 0 radical (unpaired) electrons. The molecule has 184 valence electrons. The Hall–Kier alpha value is -2.90. The number of ether oxygens (including phenoxy) is 1. The molecule has 4 rings (SSSR count). The molecule has 1 aromatic carbocycles. The summed E-state index contributed by atoms with van der Waals surface area (Å²) in [5.41, 5.74) is -0.444. The molecule has 0 spiro atoms. The number of hydrogen-bond donors (Lipinski definition) is 0. The van der Waals surface area contributed by atoms with Crippen LogP contribution in [0.15, 0.2) is 30.3 Å². The minimum absolute atomic E-state index is 0.0249. The number of rotatable bonds is 6. The second-order valence-corrected chi connectivity index (χ2v) is 9.68. The first-order chi connectivity index (χ1) is 16.4. The summed E-state index contributed by atoms with van der Waals surface area (Å²) in [5, 5.41) is 0. The molecule has 8 nitrogen and oxygen atoms in total. The van der Waals surface area contributed by atoms with Gasteiger partial charge in [0, 0.05) is 45.6 Å². The number of imide groups is 1. The normalized spacial score (nSPS) is 24.0. The van der Waals surface area contributed by atoms with Gasteiger partial charge in [-0.05, 0) is 31.2 Å². The van der Waals surface area contributed by atoms with E-state index in [9.17, 15) is 19.2 Å². The predicted octanol–water partition coefficient (Wildman–Crippen LogP) is 2.95. The summed E-state index contributed by atoms with van der Waals surface area (Å²) in [6.07, 6.45) is 5.19. The van der Waals surface area contributed by atoms with E-state index in [0.29, 0.717) is 45.2 Å². The van der Waals surface area contributed by atoms with Crippen LogP contribution in [0.5, 0.6) is 0 Å². The van der Waals surface area contributed by atoms with Crippen LogP contribution in [0, 0.1) is 5.92 Å². The highest BCUT2D eigenvalue weighted by atomic mass is 16.6. The molecule has 2 aliphatic heterocycles. The Morgan fingerprint density at radius 3 is 2.26 bits per heavy atom. The highest BCUT2D eigenvalue weighted by Gasteiger charge is 2.54. The number of hydrogen-bond acceptors (Lipinski definition) is 5. The van der Waals surface area contributed by atoms with E-state index in [2.05, 4.69) is 0 Å². The maximum absolute atomic E-state index is 13.8. The molecule has 4 amide bonds. The summed E-state index contributed by atoms with van der Waals surface area (Å²) in [6, 6.07) is 9.26. The zero-order valence-corrected chi connectivity index (χ0v) is 20.0. The fourth-order valence-electron chi connectivity index (χ4n) is 5.56. The van der Waals surface area contributed by atoms with Gasteiger partial charge in [-0.2, -0.15) is 0 Å². The van der Waals surface area contributed by atoms with Crippen molar-refractivity contribution in [2.45, 2.75) is 57.3 Å². The minimum atomic E-state index is -1.16. The van der Waals surface area contributed by atoms with Crippen molar-refractivity contribution in [3.05, 3.63) is 35.9 Å². The Bertz CT molecular complexity index is 906. The maximum atomic E-state index is 13.8. The molecule has 8 heteroatoms. The molecular formula is C26H35N3O5. The van der Waals surface area contributed by atoms with Gasteiger partial charge < -0.3 is 14.5 Å². The number of piperazine rings is 1. The van der Waals surface area contributed by atoms with Gasteiger partial charge in [-0.3, -0.25) is 19.3 Å². The van der Waals surface area contributed by atoms with Crippen LogP contribution in [-0.2, 0) is 24.5 Å². The highest BCUT2D eigenvalue weighted by molar-refractivity contribution is 6.10. The summed E-state index contributed by atoms with van der Waals surface area (Å²) in [5.74, 6) is -0.236. The zero-order valence-electron chi connectivity index (χ0n) is 20.0. The Morgan fingerprint density at radius 1 is 0.971 bits per heavy atom. The van der Waals surface area contributed by atoms with Crippen LogP contribution in [0.2, 0.25) is 0 Å². The number of nitrogens with zero attached hydrogens (tertiary/aromatic N) is 3. The quantitative estimate of drug-likeness (QED) is 0.598. The van der Waals surface area contributed by atoms with E-state index in [-0.39, 0.29) is 36.7 Å². The van der Waals surface area contributed by atoms with Gasteiger partial charge in [0.05, 0.1) is 12.0 Å². The van der Waals surface area contributed by atoms with Gasteiger partial charge in [0.1, 0.15) is 0 Å². The minimum Gasteiger partial charge on any atom is -0.450 e. The third-order valence-corrected chi connectivity index (χ3v) is 7.51. The van der Waals surface area contributed by atoms with Crippen molar-refractivity contribution in [1.29, 1.82) is 0 Å². The first-order valence-corrected chi connectivity index (χ1v) is 12.5. The molecule has 0 N–H and O–H groups in total. The van der Waals surface area contributed by atoms with E-state index in [1.165, 1.54) is 11.3 Å². The van der Waals surface area contributed by atoms with Gasteiger partial charge in [0.15, 0.2) is 0 Å². The molecule has 1 saturated carbocycles. The van der Waals surface area contributed by atoms with Crippen LogP contribution in [0.1, 0.15) is 57.4 Å². The van der Waals surface area contributed by atoms with Gasteiger partial charge in [0.25, 0.3) is 0 Å². The monoisotopic (exact) mass is 469 g/mol. The molecular weight excluding hydrogens is 434 g/mol. The zero-order chi connectivity index (χ0) is 24.1. The van der Waals surface area contributed by atoms with Crippen molar-refractivity contribution in [3.8, 4) is 0 Å². The largest absolute Gasteiger partial charge is 0.450 e. The first-order valence-electron chi connectivity index (χ1n) is 12.5. The Balaban J connectivity index is 1.50. The summed E-state index contributed by atoms with van der Waals surface area (Å²) < 4.78 is 5.05. The van der Waals surface area contributed by atoms with E-state index >= 15 is 0 Å². The van der Waals surface area contributed by atoms with Gasteiger partial charge >= 0.3 is 6.09 Å². The molecule has 2 heterocycles. The fourth-order valence-corrected chi connectivity index (χ4v) is 5.56. The number of amides is 4. The number of carbonyl (C=O) groups excluding carboxylic acids is 4. The van der Waals surface area contributed by atoms with Gasteiger partial charge in [-0.25, -0.2) is 4.79 Å². The van der Waals surface area contributed by atoms with Gasteiger partial charge in [-0.1, -0.05) is 49.6 Å². The molecule has 1 atom stereocenters. The Morgan fingerprint density at radius 2 is 1.62 bits per heavy atom. The van der Waals surface area contributed by atoms with Crippen molar-refractivity contribution in [2.75, 3.05) is 39.3 Å². The summed E-state index contributed by atoms with van der Waals surface area (Å²) >= 11 is 0. The second kappa shape index (κ2) is 10.6. The van der Waals surface area contributed by atoms with E-state index < -0.39 is 5.41 Å². The van der Waals surface area contributed by atoms with E-state index in [1.54, 1.807) is 16.7 Å². The molecule has 1 unspecified atom stereocenters. The van der Waals surface area contributed by atoms with Crippen LogP contribution in [0.25, 0.3) is 0 Å². The lowest BCUT2D eigenvalue weighted by Crippen LogP contribution is -2.52. The summed E-state index contributed by atoms with van der Waals surface area (Å²) in [7, 11) is 0. The molecule has 3 aliphatic rings. The average molecular weight is 470 g/mol. The smallest absolute Gasteiger partial charge is 0.409 e. The summed E-state index contributed by atoms with van der Waals surface area (Å²) in [6.45, 7) is 4.09. The Labute approximate surface area is 201 Å². The Kier molecular flexibility index (Phi) is 7.54. The van der Waals surface area contributed by atoms with E-state index in [0.717, 1.165) is 31.2 Å².